The topological polar surface area (TPSA) is 54.5 Å². The molecule has 2 atom stereocenters. The van der Waals surface area contributed by atoms with Gasteiger partial charge in [-0.25, -0.2) is 0 Å². The van der Waals surface area contributed by atoms with Crippen molar-refractivity contribution >= 4 is 5.97 Å². The van der Waals surface area contributed by atoms with Crippen LogP contribution in [0.3, 0.4) is 0 Å². The number of rotatable bonds is 8. The first-order valence-corrected chi connectivity index (χ1v) is 11.0. The quantitative estimate of drug-likeness (QED) is 0.598. The summed E-state index contributed by atoms with van der Waals surface area (Å²) in [6, 6.07) is 6.57. The minimum absolute atomic E-state index is 0.110. The number of esters is 1. The van der Waals surface area contributed by atoms with E-state index in [1.807, 2.05) is 12.1 Å². The highest BCUT2D eigenvalue weighted by Crippen LogP contribution is 2.31. The first kappa shape index (κ1) is 22.8. The number of methoxy groups -OCH3 is 3. The summed E-state index contributed by atoms with van der Waals surface area (Å²) in [5.74, 6) is 2.02. The van der Waals surface area contributed by atoms with Gasteiger partial charge in [0.25, 0.3) is 0 Å². The van der Waals surface area contributed by atoms with E-state index < -0.39 is 0 Å². The van der Waals surface area contributed by atoms with Crippen molar-refractivity contribution in [1.29, 1.82) is 0 Å². The largest absolute Gasteiger partial charge is 0.497 e. The highest BCUT2D eigenvalue weighted by molar-refractivity contribution is 5.69. The zero-order chi connectivity index (χ0) is 21.5. The molecule has 1 aromatic rings. The molecule has 0 spiro atoms. The van der Waals surface area contributed by atoms with Crippen molar-refractivity contribution in [2.75, 3.05) is 67.6 Å². The number of hydrogen-bond acceptors (Lipinski definition) is 7. The molecule has 2 aliphatic rings. The van der Waals surface area contributed by atoms with Crippen molar-refractivity contribution in [3.63, 3.8) is 0 Å². The number of piperidine rings is 1. The van der Waals surface area contributed by atoms with Gasteiger partial charge >= 0.3 is 5.97 Å². The summed E-state index contributed by atoms with van der Waals surface area (Å²) in [7, 11) is 7.04. The molecule has 2 saturated heterocycles. The molecule has 30 heavy (non-hydrogen) atoms. The van der Waals surface area contributed by atoms with Crippen LogP contribution >= 0.6 is 0 Å². The first-order chi connectivity index (χ1) is 14.5. The van der Waals surface area contributed by atoms with E-state index in [9.17, 15) is 4.79 Å². The van der Waals surface area contributed by atoms with Gasteiger partial charge in [0.2, 0.25) is 0 Å². The van der Waals surface area contributed by atoms with Gasteiger partial charge in [-0.1, -0.05) is 6.07 Å². The second-order valence-corrected chi connectivity index (χ2v) is 8.48. The molecular formula is C23H37N3O4. The first-order valence-electron chi connectivity index (χ1n) is 11.0. The predicted molar refractivity (Wildman–Crippen MR) is 117 cm³/mol. The number of carbonyl (C=O) groups excluding carboxylic acids is 1. The van der Waals surface area contributed by atoms with Gasteiger partial charge in [0.05, 0.1) is 21.3 Å². The molecule has 1 aromatic carbocycles. The average Bonchev–Trinajstić information content (AvgIpc) is 2.78. The van der Waals surface area contributed by atoms with Gasteiger partial charge in [0.1, 0.15) is 11.5 Å². The van der Waals surface area contributed by atoms with Crippen molar-refractivity contribution in [3.8, 4) is 11.5 Å². The molecule has 0 aliphatic carbocycles. The van der Waals surface area contributed by atoms with Crippen molar-refractivity contribution in [1.82, 2.24) is 14.7 Å². The Kier molecular flexibility index (Phi) is 8.36. The van der Waals surface area contributed by atoms with E-state index >= 15 is 0 Å². The Morgan fingerprint density at radius 1 is 1.07 bits per heavy atom. The Labute approximate surface area is 180 Å². The Morgan fingerprint density at radius 2 is 1.83 bits per heavy atom. The minimum atomic E-state index is -0.110. The standard InChI is InChI=1S/C23H37N3O4/c1-24-11-13-26(14-12-24)21-9-10-25(16-18(21)6-8-23(27)30-4)17-19-5-7-20(28-2)15-22(19)29-3/h5,7,15,18,21H,6,8-14,16-17H2,1-4H3/t18-,21+/m0/s1. The summed E-state index contributed by atoms with van der Waals surface area (Å²) in [6.07, 6.45) is 2.50. The van der Waals surface area contributed by atoms with Crippen LogP contribution in [0.15, 0.2) is 18.2 Å². The summed E-state index contributed by atoms with van der Waals surface area (Å²) >= 11 is 0. The van der Waals surface area contributed by atoms with Crippen LogP contribution in [0, 0.1) is 5.92 Å². The van der Waals surface area contributed by atoms with Crippen LogP contribution < -0.4 is 9.47 Å². The molecule has 0 N–H and O–H groups in total. The van der Waals surface area contributed by atoms with Crippen LogP contribution in [0.25, 0.3) is 0 Å². The third kappa shape index (κ3) is 5.86. The Morgan fingerprint density at radius 3 is 2.50 bits per heavy atom. The number of likely N-dealkylation sites (tertiary alicyclic amines) is 1. The van der Waals surface area contributed by atoms with Gasteiger partial charge in [-0.15, -0.1) is 0 Å². The number of piperazine rings is 1. The zero-order valence-corrected chi connectivity index (χ0v) is 18.9. The molecule has 0 amide bonds. The zero-order valence-electron chi connectivity index (χ0n) is 18.9. The summed E-state index contributed by atoms with van der Waals surface area (Å²) in [4.78, 5) is 19.4. The monoisotopic (exact) mass is 419 g/mol. The van der Waals surface area contributed by atoms with Gasteiger partial charge in [-0.05, 0) is 38.4 Å². The van der Waals surface area contributed by atoms with Crippen molar-refractivity contribution in [3.05, 3.63) is 23.8 Å². The molecule has 7 nitrogen and oxygen atoms in total. The third-order valence-electron chi connectivity index (χ3n) is 6.62. The molecule has 7 heteroatoms. The molecular weight excluding hydrogens is 382 g/mol. The molecule has 0 aromatic heterocycles. The molecule has 0 saturated carbocycles. The lowest BCUT2D eigenvalue weighted by Gasteiger charge is -2.46. The summed E-state index contributed by atoms with van der Waals surface area (Å²) < 4.78 is 15.8. The van der Waals surface area contributed by atoms with Crippen molar-refractivity contribution in [2.45, 2.75) is 31.8 Å². The summed E-state index contributed by atoms with van der Waals surface area (Å²) in [6.45, 7) is 7.35. The normalized spacial score (nSPS) is 23.9. The number of benzene rings is 1. The molecule has 0 unspecified atom stereocenters. The second kappa shape index (κ2) is 11.0. The van der Waals surface area contributed by atoms with Gasteiger partial charge < -0.3 is 19.1 Å². The molecule has 168 valence electrons. The van der Waals surface area contributed by atoms with Crippen LogP contribution in [-0.4, -0.2) is 94.4 Å². The summed E-state index contributed by atoms with van der Waals surface area (Å²) in [5, 5.41) is 0. The number of ether oxygens (including phenoxy) is 3. The second-order valence-electron chi connectivity index (χ2n) is 8.48. The van der Waals surface area contributed by atoms with Crippen LogP contribution in [-0.2, 0) is 16.1 Å². The predicted octanol–water partition coefficient (Wildman–Crippen LogP) is 2.09. The Balaban J connectivity index is 1.67. The average molecular weight is 420 g/mol. The lowest BCUT2D eigenvalue weighted by Crippen LogP contribution is -2.56. The fourth-order valence-electron chi connectivity index (χ4n) is 4.79. The van der Waals surface area contributed by atoms with Crippen LogP contribution in [0.4, 0.5) is 0 Å². The SMILES string of the molecule is COC(=O)CC[C@H]1CN(Cc2ccc(OC)cc2OC)CC[C@H]1N1CCN(C)CC1. The van der Waals surface area contributed by atoms with Gasteiger partial charge in [-0.3, -0.25) is 14.6 Å². The van der Waals surface area contributed by atoms with E-state index in [4.69, 9.17) is 14.2 Å². The van der Waals surface area contributed by atoms with E-state index in [0.717, 1.165) is 70.2 Å². The van der Waals surface area contributed by atoms with Crippen LogP contribution in [0.2, 0.25) is 0 Å². The van der Waals surface area contributed by atoms with E-state index in [1.54, 1.807) is 14.2 Å². The number of likely N-dealkylation sites (N-methyl/N-ethyl adjacent to an activating group) is 1. The lowest BCUT2D eigenvalue weighted by atomic mass is 9.86. The smallest absolute Gasteiger partial charge is 0.305 e. The molecule has 0 radical (unpaired) electrons. The maximum Gasteiger partial charge on any atom is 0.305 e. The van der Waals surface area contributed by atoms with Gasteiger partial charge in [0, 0.05) is 63.4 Å². The lowest BCUT2D eigenvalue weighted by molar-refractivity contribution is -0.141. The third-order valence-corrected chi connectivity index (χ3v) is 6.62. The Bertz CT molecular complexity index is 691. The number of nitrogens with zero attached hydrogens (tertiary/aromatic N) is 3. The number of hydrogen-bond donors (Lipinski definition) is 0. The highest BCUT2D eigenvalue weighted by Gasteiger charge is 2.34. The van der Waals surface area contributed by atoms with E-state index in [-0.39, 0.29) is 5.97 Å². The summed E-state index contributed by atoms with van der Waals surface area (Å²) in [5.41, 5.74) is 1.17. The number of carbonyl (C=O) groups is 1. The van der Waals surface area contributed by atoms with Crippen molar-refractivity contribution in [2.24, 2.45) is 5.92 Å². The highest BCUT2D eigenvalue weighted by atomic mass is 16.5. The molecule has 2 heterocycles. The molecule has 2 fully saturated rings. The van der Waals surface area contributed by atoms with Crippen LogP contribution in [0.1, 0.15) is 24.8 Å². The maximum absolute atomic E-state index is 11.8. The van der Waals surface area contributed by atoms with Gasteiger partial charge in [0.15, 0.2) is 0 Å². The minimum Gasteiger partial charge on any atom is -0.497 e. The van der Waals surface area contributed by atoms with Crippen LogP contribution in [0.5, 0.6) is 11.5 Å². The van der Waals surface area contributed by atoms with E-state index in [1.165, 1.54) is 12.7 Å². The molecule has 3 rings (SSSR count). The maximum atomic E-state index is 11.8. The van der Waals surface area contributed by atoms with Gasteiger partial charge in [-0.2, -0.15) is 0 Å². The fourth-order valence-corrected chi connectivity index (χ4v) is 4.79. The molecule has 2 aliphatic heterocycles. The van der Waals surface area contributed by atoms with E-state index in [2.05, 4.69) is 27.8 Å². The fraction of sp³-hybridized carbons (Fsp3) is 0.696. The van der Waals surface area contributed by atoms with E-state index in [0.29, 0.717) is 18.4 Å². The Hall–Kier alpha value is -1.83. The molecule has 0 bridgehead atoms. The van der Waals surface area contributed by atoms with Crippen molar-refractivity contribution < 1.29 is 19.0 Å².